The van der Waals surface area contributed by atoms with Crippen LogP contribution in [0.15, 0.2) is 24.3 Å². The lowest BCUT2D eigenvalue weighted by Crippen LogP contribution is -2.09. The van der Waals surface area contributed by atoms with Crippen LogP contribution in [0.2, 0.25) is 0 Å². The van der Waals surface area contributed by atoms with Crippen molar-refractivity contribution in [1.29, 1.82) is 0 Å². The van der Waals surface area contributed by atoms with E-state index >= 15 is 0 Å². The highest BCUT2D eigenvalue weighted by Gasteiger charge is 2.12. The van der Waals surface area contributed by atoms with Gasteiger partial charge in [0.2, 0.25) is 0 Å². The third-order valence-electron chi connectivity index (χ3n) is 1.36. The van der Waals surface area contributed by atoms with E-state index < -0.39 is 11.9 Å². The Morgan fingerprint density at radius 1 is 1.29 bits per heavy atom. The first-order valence-corrected chi connectivity index (χ1v) is 3.62. The van der Waals surface area contributed by atoms with Gasteiger partial charge in [-0.15, -0.1) is 0 Å². The lowest BCUT2D eigenvalue weighted by atomic mass is 10.2. The summed E-state index contributed by atoms with van der Waals surface area (Å²) in [6, 6.07) is 5.85. The summed E-state index contributed by atoms with van der Waals surface area (Å²) in [7, 11) is 0. The summed E-state index contributed by atoms with van der Waals surface area (Å²) in [6.07, 6.45) is 0. The molecule has 0 spiro atoms. The molecule has 0 atom stereocenters. The predicted molar refractivity (Wildman–Crippen MR) is 52.7 cm³/mol. The van der Waals surface area contributed by atoms with Gasteiger partial charge in [-0.3, -0.25) is 4.79 Å². The topological polar surface area (TPSA) is 63.6 Å². The van der Waals surface area contributed by atoms with Crippen molar-refractivity contribution in [2.75, 3.05) is 0 Å². The van der Waals surface area contributed by atoms with E-state index in [1.807, 2.05) is 0 Å². The predicted octanol–water partition coefficient (Wildman–Crippen LogP) is 0.179. The molecule has 0 aliphatic carbocycles. The van der Waals surface area contributed by atoms with Crippen LogP contribution in [0.25, 0.3) is 0 Å². The molecule has 0 unspecified atom stereocenters. The van der Waals surface area contributed by atoms with Gasteiger partial charge in [0.1, 0.15) is 11.3 Å². The molecule has 0 aromatic heterocycles. The van der Waals surface area contributed by atoms with Crippen LogP contribution < -0.4 is 0 Å². The van der Waals surface area contributed by atoms with E-state index in [0.29, 0.717) is 0 Å². The van der Waals surface area contributed by atoms with Gasteiger partial charge in [-0.2, -0.15) is 0 Å². The molecule has 0 fully saturated rings. The average Bonchev–Trinajstić information content (AvgIpc) is 2.03. The fraction of sp³-hybridized carbons (Fsp3) is 0.111. The highest BCUT2D eigenvalue weighted by atomic mass is 24.3. The second kappa shape index (κ2) is 5.61. The van der Waals surface area contributed by atoms with Crippen molar-refractivity contribution in [3.05, 3.63) is 29.8 Å². The van der Waals surface area contributed by atoms with Crippen molar-refractivity contribution in [3.8, 4) is 5.75 Å². The molecule has 4 nitrogen and oxygen atoms in total. The maximum absolute atomic E-state index is 11.1. The molecule has 0 saturated heterocycles. The molecule has 0 aliphatic heterocycles. The molecular formula is C9H10MgO4. The molecule has 1 rings (SSSR count). The molecule has 0 aliphatic rings. The summed E-state index contributed by atoms with van der Waals surface area (Å²) in [5.41, 5.74) is -0.0160. The molecule has 0 amide bonds. The number of carbonyl (C=O) groups excluding carboxylic acids is 2. The Balaban J connectivity index is 0.00000169. The van der Waals surface area contributed by atoms with E-state index in [0.717, 1.165) is 6.92 Å². The molecular weight excluding hydrogens is 196 g/mol. The normalized spacial score (nSPS) is 8.64. The SMILES string of the molecule is CC(=O)OC(=O)c1ccccc1O.[MgH2]. The number of ether oxygens (including phenoxy) is 1. The molecule has 1 N–H and O–H groups in total. The number of benzene rings is 1. The van der Waals surface area contributed by atoms with Crippen LogP contribution in [0.3, 0.4) is 0 Å². The number of phenolic OH excluding ortho intramolecular Hbond substituents is 1. The van der Waals surface area contributed by atoms with Gasteiger partial charge in [-0.05, 0) is 12.1 Å². The summed E-state index contributed by atoms with van der Waals surface area (Å²) in [5.74, 6) is -1.74. The van der Waals surface area contributed by atoms with Crippen LogP contribution in [0.1, 0.15) is 17.3 Å². The summed E-state index contributed by atoms with van der Waals surface area (Å²) in [4.78, 5) is 21.5. The molecule has 72 valence electrons. The van der Waals surface area contributed by atoms with Crippen molar-refractivity contribution in [2.45, 2.75) is 6.92 Å². The van der Waals surface area contributed by atoms with Gasteiger partial charge in [-0.25, -0.2) is 4.79 Å². The number of hydrogen-bond donors (Lipinski definition) is 1. The fourth-order valence-electron chi connectivity index (χ4n) is 0.832. The van der Waals surface area contributed by atoms with Crippen LogP contribution in [0.4, 0.5) is 0 Å². The van der Waals surface area contributed by atoms with Gasteiger partial charge >= 0.3 is 35.0 Å². The van der Waals surface area contributed by atoms with E-state index in [1.54, 1.807) is 12.1 Å². The Labute approximate surface area is 97.0 Å². The van der Waals surface area contributed by atoms with E-state index in [9.17, 15) is 14.7 Å². The lowest BCUT2D eigenvalue weighted by Gasteiger charge is -2.01. The zero-order valence-electron chi connectivity index (χ0n) is 6.98. The molecule has 14 heavy (non-hydrogen) atoms. The van der Waals surface area contributed by atoms with Crippen molar-refractivity contribution in [3.63, 3.8) is 0 Å². The van der Waals surface area contributed by atoms with E-state index in [2.05, 4.69) is 4.74 Å². The van der Waals surface area contributed by atoms with Crippen LogP contribution in [-0.4, -0.2) is 40.1 Å². The smallest absolute Gasteiger partial charge is 0.349 e. The van der Waals surface area contributed by atoms with Crippen LogP contribution in [0.5, 0.6) is 5.75 Å². The van der Waals surface area contributed by atoms with Gasteiger partial charge in [0.25, 0.3) is 0 Å². The molecule has 0 bridgehead atoms. The van der Waals surface area contributed by atoms with Crippen molar-refractivity contribution in [1.82, 2.24) is 0 Å². The minimum absolute atomic E-state index is 0. The standard InChI is InChI=1S/C9H8O4.Mg.2H/c1-6(10)13-9(12)7-4-2-3-5-8(7)11;;;/h2-5,11H,1H3;;;. The Kier molecular flexibility index (Phi) is 5.18. The van der Waals surface area contributed by atoms with Crippen LogP contribution >= 0.6 is 0 Å². The van der Waals surface area contributed by atoms with Gasteiger partial charge in [0.15, 0.2) is 0 Å². The van der Waals surface area contributed by atoms with Crippen LogP contribution in [0, 0.1) is 0 Å². The maximum atomic E-state index is 11.1. The average molecular weight is 206 g/mol. The first-order valence-electron chi connectivity index (χ1n) is 3.62. The second-order valence-electron chi connectivity index (χ2n) is 2.40. The van der Waals surface area contributed by atoms with E-state index in [-0.39, 0.29) is 34.4 Å². The third kappa shape index (κ3) is 3.35. The third-order valence-corrected chi connectivity index (χ3v) is 1.36. The van der Waals surface area contributed by atoms with Crippen LogP contribution in [-0.2, 0) is 9.53 Å². The Bertz CT molecular complexity index is 348. The number of rotatable bonds is 1. The highest BCUT2D eigenvalue weighted by Crippen LogP contribution is 2.16. The molecule has 0 radical (unpaired) electrons. The lowest BCUT2D eigenvalue weighted by molar-refractivity contribution is -0.135. The van der Waals surface area contributed by atoms with Crippen molar-refractivity contribution < 1.29 is 19.4 Å². The minimum atomic E-state index is -0.842. The largest absolute Gasteiger partial charge is 0.507 e. The molecule has 1 aromatic carbocycles. The Hall–Kier alpha value is -1.07. The van der Waals surface area contributed by atoms with Gasteiger partial charge in [0, 0.05) is 6.92 Å². The number of para-hydroxylation sites is 1. The summed E-state index contributed by atoms with van der Waals surface area (Å²) in [6.45, 7) is 1.12. The quantitative estimate of drug-likeness (QED) is 0.404. The Morgan fingerprint density at radius 3 is 2.36 bits per heavy atom. The number of esters is 2. The summed E-state index contributed by atoms with van der Waals surface area (Å²) < 4.78 is 4.28. The molecule has 0 saturated carbocycles. The number of phenols is 1. The summed E-state index contributed by atoms with van der Waals surface area (Å²) in [5, 5.41) is 9.18. The Morgan fingerprint density at radius 2 is 1.86 bits per heavy atom. The highest BCUT2D eigenvalue weighted by molar-refractivity contribution is 5.98. The first-order chi connectivity index (χ1) is 6.11. The molecule has 1 aromatic rings. The minimum Gasteiger partial charge on any atom is -0.507 e. The molecule has 5 heteroatoms. The first kappa shape index (κ1) is 12.9. The van der Waals surface area contributed by atoms with E-state index in [1.165, 1.54) is 12.1 Å². The number of carbonyl (C=O) groups is 2. The number of hydrogen-bond acceptors (Lipinski definition) is 4. The zero-order valence-corrected chi connectivity index (χ0v) is 6.98. The molecule has 0 heterocycles. The van der Waals surface area contributed by atoms with Gasteiger partial charge in [-0.1, -0.05) is 12.1 Å². The van der Waals surface area contributed by atoms with Gasteiger partial charge < -0.3 is 9.84 Å². The van der Waals surface area contributed by atoms with Crippen molar-refractivity contribution in [2.24, 2.45) is 0 Å². The van der Waals surface area contributed by atoms with Gasteiger partial charge in [0.05, 0.1) is 0 Å². The maximum Gasteiger partial charge on any atom is 0.349 e. The summed E-state index contributed by atoms with van der Waals surface area (Å²) >= 11 is 0. The number of aromatic hydroxyl groups is 1. The fourth-order valence-corrected chi connectivity index (χ4v) is 0.832. The monoisotopic (exact) mass is 206 g/mol. The zero-order chi connectivity index (χ0) is 9.84. The second-order valence-corrected chi connectivity index (χ2v) is 2.40. The van der Waals surface area contributed by atoms with Crippen molar-refractivity contribution >= 4 is 35.0 Å². The van der Waals surface area contributed by atoms with E-state index in [4.69, 9.17) is 0 Å².